The Balaban J connectivity index is 2.06. The molecule has 2 aromatic rings. The zero-order valence-electron chi connectivity index (χ0n) is 11.2. The zero-order valence-corrected chi connectivity index (χ0v) is 11.2. The molecular weight excluding hydrogens is 276 g/mol. The van der Waals surface area contributed by atoms with Gasteiger partial charge in [0.05, 0.1) is 6.54 Å². The van der Waals surface area contributed by atoms with Gasteiger partial charge in [0.2, 0.25) is 0 Å². The van der Waals surface area contributed by atoms with Crippen LogP contribution < -0.4 is 10.6 Å². The van der Waals surface area contributed by atoms with Crippen LogP contribution in [0, 0.1) is 0 Å². The number of urea groups is 1. The molecule has 0 saturated heterocycles. The number of nitrogens with zero attached hydrogens (tertiary/aromatic N) is 3. The van der Waals surface area contributed by atoms with Gasteiger partial charge >= 0.3 is 12.0 Å². The van der Waals surface area contributed by atoms with Crippen molar-refractivity contribution >= 4 is 12.0 Å². The Morgan fingerprint density at radius 3 is 2.62 bits per heavy atom. The lowest BCUT2D eigenvalue weighted by Gasteiger charge is -2.26. The van der Waals surface area contributed by atoms with E-state index in [2.05, 4.69) is 31.3 Å². The molecule has 1 aromatic heterocycles. The minimum absolute atomic E-state index is 0.0345. The molecule has 1 atom stereocenters. The van der Waals surface area contributed by atoms with Crippen LogP contribution in [0.1, 0.15) is 18.3 Å². The van der Waals surface area contributed by atoms with Crippen molar-refractivity contribution in [1.29, 1.82) is 0 Å². The Morgan fingerprint density at radius 2 is 2.05 bits per heavy atom. The molecular formula is C12H14N6O3. The van der Waals surface area contributed by atoms with Gasteiger partial charge in [-0.3, -0.25) is 0 Å². The van der Waals surface area contributed by atoms with E-state index in [9.17, 15) is 14.7 Å². The summed E-state index contributed by atoms with van der Waals surface area (Å²) < 4.78 is 0. The molecule has 0 aliphatic heterocycles. The Labute approximate surface area is 119 Å². The first-order chi connectivity index (χ1) is 10.0. The average Bonchev–Trinajstić information content (AvgIpc) is 2.99. The Hall–Kier alpha value is -2.97. The summed E-state index contributed by atoms with van der Waals surface area (Å²) in [6.45, 7) is 1.45. The lowest BCUT2D eigenvalue weighted by molar-refractivity contribution is -0.144. The quantitative estimate of drug-likeness (QED) is 0.612. The van der Waals surface area contributed by atoms with Crippen molar-refractivity contribution in [3.8, 4) is 0 Å². The second kappa shape index (κ2) is 5.99. The first-order valence-corrected chi connectivity index (χ1v) is 6.09. The number of H-pyrrole nitrogens is 1. The molecule has 9 nitrogen and oxygen atoms in total. The minimum atomic E-state index is -1.54. The molecule has 1 unspecified atom stereocenters. The van der Waals surface area contributed by atoms with Gasteiger partial charge in [0, 0.05) is 0 Å². The zero-order chi connectivity index (χ0) is 15.3. The molecule has 0 aliphatic rings. The van der Waals surface area contributed by atoms with E-state index in [4.69, 9.17) is 0 Å². The summed E-state index contributed by atoms with van der Waals surface area (Å²) in [4.78, 5) is 23.4. The fourth-order valence-corrected chi connectivity index (χ4v) is 1.71. The van der Waals surface area contributed by atoms with Gasteiger partial charge in [0.1, 0.15) is 0 Å². The van der Waals surface area contributed by atoms with E-state index in [1.807, 2.05) is 0 Å². The number of aromatic amines is 1. The normalized spacial score (nSPS) is 13.2. The molecule has 1 heterocycles. The maximum atomic E-state index is 11.9. The lowest BCUT2D eigenvalue weighted by Crippen LogP contribution is -2.52. The number of aromatic nitrogens is 4. The van der Waals surface area contributed by atoms with Crippen LogP contribution >= 0.6 is 0 Å². The Morgan fingerprint density at radius 1 is 1.33 bits per heavy atom. The van der Waals surface area contributed by atoms with Crippen LogP contribution in [0.15, 0.2) is 30.3 Å². The van der Waals surface area contributed by atoms with Gasteiger partial charge in [-0.05, 0) is 12.5 Å². The maximum Gasteiger partial charge on any atom is 0.333 e. The highest BCUT2D eigenvalue weighted by molar-refractivity contribution is 5.87. The average molecular weight is 290 g/mol. The molecule has 0 fully saturated rings. The summed E-state index contributed by atoms with van der Waals surface area (Å²) in [6.07, 6.45) is 0. The van der Waals surface area contributed by atoms with Crippen LogP contribution in [0.4, 0.5) is 4.79 Å². The van der Waals surface area contributed by atoms with E-state index in [1.54, 1.807) is 30.3 Å². The Bertz CT molecular complexity index is 615. The summed E-state index contributed by atoms with van der Waals surface area (Å²) >= 11 is 0. The standard InChI is InChI=1S/C12H14N6O3/c1-12(10(19)20,8-5-3-2-4-6-8)14-11(21)13-7-9-15-17-18-16-9/h2-6H,7H2,1H3,(H,19,20)(H2,13,14,21)(H,15,16,17,18). The topological polar surface area (TPSA) is 133 Å². The molecule has 0 spiro atoms. The highest BCUT2D eigenvalue weighted by Crippen LogP contribution is 2.20. The Kier molecular flexibility index (Phi) is 4.12. The first-order valence-electron chi connectivity index (χ1n) is 6.09. The molecule has 0 aliphatic carbocycles. The fraction of sp³-hybridized carbons (Fsp3) is 0.250. The number of hydrogen-bond acceptors (Lipinski definition) is 5. The SMILES string of the molecule is CC(NC(=O)NCc1nn[nH]n1)(C(=O)O)c1ccccc1. The number of rotatable bonds is 5. The third-order valence-corrected chi connectivity index (χ3v) is 2.94. The number of carbonyl (C=O) groups is 2. The van der Waals surface area contributed by atoms with Gasteiger partial charge < -0.3 is 15.7 Å². The minimum Gasteiger partial charge on any atom is -0.479 e. The molecule has 0 saturated carbocycles. The molecule has 2 amide bonds. The van der Waals surface area contributed by atoms with Crippen LogP contribution in [-0.4, -0.2) is 37.7 Å². The van der Waals surface area contributed by atoms with E-state index in [0.717, 1.165) is 0 Å². The first kappa shape index (κ1) is 14.4. The van der Waals surface area contributed by atoms with E-state index in [0.29, 0.717) is 11.4 Å². The van der Waals surface area contributed by atoms with Gasteiger partial charge in [-0.25, -0.2) is 9.59 Å². The van der Waals surface area contributed by atoms with E-state index < -0.39 is 17.5 Å². The van der Waals surface area contributed by atoms with Crippen molar-refractivity contribution in [3.05, 3.63) is 41.7 Å². The van der Waals surface area contributed by atoms with Gasteiger partial charge in [-0.15, -0.1) is 10.2 Å². The van der Waals surface area contributed by atoms with Crippen molar-refractivity contribution in [2.75, 3.05) is 0 Å². The van der Waals surface area contributed by atoms with Crippen molar-refractivity contribution in [2.45, 2.75) is 19.0 Å². The monoisotopic (exact) mass is 290 g/mol. The molecule has 2 rings (SSSR count). The summed E-state index contributed by atoms with van der Waals surface area (Å²) in [7, 11) is 0. The number of carbonyl (C=O) groups excluding carboxylic acids is 1. The third kappa shape index (κ3) is 3.32. The van der Waals surface area contributed by atoms with Crippen molar-refractivity contribution in [1.82, 2.24) is 31.3 Å². The number of carboxylic acids is 1. The summed E-state index contributed by atoms with van der Waals surface area (Å²) in [5, 5.41) is 27.2. The number of amides is 2. The number of benzene rings is 1. The molecule has 1 aromatic carbocycles. The van der Waals surface area contributed by atoms with E-state index in [1.165, 1.54) is 6.92 Å². The van der Waals surface area contributed by atoms with Crippen LogP contribution in [0.3, 0.4) is 0 Å². The number of hydrogen-bond donors (Lipinski definition) is 4. The molecule has 21 heavy (non-hydrogen) atoms. The van der Waals surface area contributed by atoms with Crippen LogP contribution in [-0.2, 0) is 16.9 Å². The van der Waals surface area contributed by atoms with Gasteiger partial charge in [0.25, 0.3) is 0 Å². The number of tetrazole rings is 1. The van der Waals surface area contributed by atoms with Crippen LogP contribution in [0.25, 0.3) is 0 Å². The molecule has 110 valence electrons. The largest absolute Gasteiger partial charge is 0.479 e. The van der Waals surface area contributed by atoms with Gasteiger partial charge in [-0.2, -0.15) is 5.21 Å². The van der Waals surface area contributed by atoms with Crippen molar-refractivity contribution < 1.29 is 14.7 Å². The predicted molar refractivity (Wildman–Crippen MR) is 71.0 cm³/mol. The fourth-order valence-electron chi connectivity index (χ4n) is 1.71. The predicted octanol–water partition coefficient (Wildman–Crippen LogP) is -0.00110. The summed E-state index contributed by atoms with van der Waals surface area (Å²) in [5.74, 6) is -0.870. The van der Waals surface area contributed by atoms with Gasteiger partial charge in [-0.1, -0.05) is 35.5 Å². The molecule has 4 N–H and O–H groups in total. The second-order valence-corrected chi connectivity index (χ2v) is 4.43. The number of nitrogens with one attached hydrogen (secondary N) is 3. The summed E-state index contributed by atoms with van der Waals surface area (Å²) in [5.41, 5.74) is -1.07. The maximum absolute atomic E-state index is 11.9. The van der Waals surface area contributed by atoms with Crippen LogP contribution in [0.5, 0.6) is 0 Å². The number of carboxylic acid groups (broad SMARTS) is 1. The highest BCUT2D eigenvalue weighted by atomic mass is 16.4. The second-order valence-electron chi connectivity index (χ2n) is 4.43. The van der Waals surface area contributed by atoms with Crippen molar-refractivity contribution in [3.63, 3.8) is 0 Å². The molecule has 9 heteroatoms. The van der Waals surface area contributed by atoms with Crippen LogP contribution in [0.2, 0.25) is 0 Å². The van der Waals surface area contributed by atoms with Gasteiger partial charge in [0.15, 0.2) is 11.4 Å². The van der Waals surface area contributed by atoms with E-state index >= 15 is 0 Å². The third-order valence-electron chi connectivity index (χ3n) is 2.94. The number of aliphatic carboxylic acids is 1. The lowest BCUT2D eigenvalue weighted by atomic mass is 9.92. The highest BCUT2D eigenvalue weighted by Gasteiger charge is 2.36. The van der Waals surface area contributed by atoms with Crippen molar-refractivity contribution in [2.24, 2.45) is 0 Å². The molecule has 0 bridgehead atoms. The smallest absolute Gasteiger partial charge is 0.333 e. The van der Waals surface area contributed by atoms with E-state index in [-0.39, 0.29) is 6.54 Å². The summed E-state index contributed by atoms with van der Waals surface area (Å²) in [6, 6.07) is 7.79. The molecule has 0 radical (unpaired) electrons.